The van der Waals surface area contributed by atoms with E-state index >= 15 is 0 Å². The second-order valence-corrected chi connectivity index (χ2v) is 6.42. The number of ketones is 1. The molecule has 2 aromatic rings. The lowest BCUT2D eigenvalue weighted by atomic mass is 10.0. The summed E-state index contributed by atoms with van der Waals surface area (Å²) in [7, 11) is 1.39. The van der Waals surface area contributed by atoms with Crippen LogP contribution in [0.5, 0.6) is 0 Å². The molecule has 126 valence electrons. The average Bonchev–Trinajstić information content (AvgIpc) is 3.20. The minimum absolute atomic E-state index is 0.0362. The molecular formula is C16H15NO5S2. The normalized spacial score (nSPS) is 12.7. The highest BCUT2D eigenvalue weighted by Crippen LogP contribution is 2.32. The highest BCUT2D eigenvalue weighted by atomic mass is 32.2. The van der Waals surface area contributed by atoms with Crippen molar-refractivity contribution in [3.8, 4) is 11.5 Å². The van der Waals surface area contributed by atoms with E-state index in [2.05, 4.69) is 9.72 Å². The molecule has 0 unspecified atom stereocenters. The fourth-order valence-electron chi connectivity index (χ4n) is 1.85. The van der Waals surface area contributed by atoms with Crippen LogP contribution in [0.25, 0.3) is 17.5 Å². The van der Waals surface area contributed by atoms with E-state index in [1.165, 1.54) is 7.11 Å². The van der Waals surface area contributed by atoms with Gasteiger partial charge in [-0.2, -0.15) is 0 Å². The maximum Gasteiger partial charge on any atom is 0.331 e. The van der Waals surface area contributed by atoms with Gasteiger partial charge in [0.25, 0.3) is 0 Å². The van der Waals surface area contributed by atoms with E-state index in [1.54, 1.807) is 23.1 Å². The highest BCUT2D eigenvalue weighted by Gasteiger charge is 2.20. The molecule has 0 amide bonds. The van der Waals surface area contributed by atoms with Crippen LogP contribution in [0.1, 0.15) is 22.5 Å². The number of aromatic nitrogens is 1. The van der Waals surface area contributed by atoms with Crippen molar-refractivity contribution in [1.82, 2.24) is 4.98 Å². The number of furan rings is 1. The van der Waals surface area contributed by atoms with Crippen LogP contribution >= 0.6 is 23.1 Å². The standard InChI is InChI=1S/C12H9NO2S2.C4H6O3/c1-16-12-13-8(6-17-12)10-5-7-3-2-4-9(14)11(7)15-10;1-7-3-2-4(5)6/h2-3,5-6H,4H2,1H3;2-3H,1H3,(H,5,6)/b;3-2+. The minimum atomic E-state index is -0.998. The van der Waals surface area contributed by atoms with E-state index in [0.29, 0.717) is 17.9 Å². The first-order valence-electron chi connectivity index (χ1n) is 6.81. The summed E-state index contributed by atoms with van der Waals surface area (Å²) in [6.45, 7) is 0. The van der Waals surface area contributed by atoms with Crippen molar-refractivity contribution in [1.29, 1.82) is 0 Å². The molecule has 0 fully saturated rings. The Morgan fingerprint density at radius 1 is 1.54 bits per heavy atom. The van der Waals surface area contributed by atoms with Crippen LogP contribution < -0.4 is 0 Å². The number of carboxylic acid groups (broad SMARTS) is 1. The lowest BCUT2D eigenvalue weighted by Gasteiger charge is -1.99. The maximum atomic E-state index is 11.6. The Kier molecular flexibility index (Phi) is 6.39. The Balaban J connectivity index is 0.000000256. The van der Waals surface area contributed by atoms with Crippen LogP contribution in [0, 0.1) is 0 Å². The van der Waals surface area contributed by atoms with E-state index in [0.717, 1.165) is 27.9 Å². The highest BCUT2D eigenvalue weighted by molar-refractivity contribution is 8.00. The summed E-state index contributed by atoms with van der Waals surface area (Å²) in [5, 5.41) is 9.83. The number of carbonyl (C=O) groups excluding carboxylic acids is 1. The Labute approximate surface area is 146 Å². The van der Waals surface area contributed by atoms with Crippen molar-refractivity contribution in [3.63, 3.8) is 0 Å². The molecule has 0 aromatic carbocycles. The van der Waals surface area contributed by atoms with Gasteiger partial charge in [0, 0.05) is 17.4 Å². The summed E-state index contributed by atoms with van der Waals surface area (Å²) >= 11 is 3.18. The van der Waals surface area contributed by atoms with E-state index in [4.69, 9.17) is 9.52 Å². The van der Waals surface area contributed by atoms with Crippen molar-refractivity contribution in [2.75, 3.05) is 13.4 Å². The van der Waals surface area contributed by atoms with Gasteiger partial charge in [-0.3, -0.25) is 4.79 Å². The van der Waals surface area contributed by atoms with Crippen LogP contribution in [0.3, 0.4) is 0 Å². The molecule has 0 saturated carbocycles. The molecule has 0 atom stereocenters. The topological polar surface area (TPSA) is 89.6 Å². The van der Waals surface area contributed by atoms with E-state index < -0.39 is 5.97 Å². The molecule has 0 bridgehead atoms. The van der Waals surface area contributed by atoms with Crippen LogP contribution in [0.15, 0.2) is 38.6 Å². The van der Waals surface area contributed by atoms with Gasteiger partial charge in [-0.25, -0.2) is 9.78 Å². The number of carbonyl (C=O) groups is 2. The third kappa shape index (κ3) is 4.59. The average molecular weight is 365 g/mol. The molecule has 0 aliphatic heterocycles. The van der Waals surface area contributed by atoms with Crippen molar-refractivity contribution >= 4 is 40.9 Å². The number of nitrogens with zero attached hydrogens (tertiary/aromatic N) is 1. The molecule has 3 rings (SSSR count). The van der Waals surface area contributed by atoms with Crippen molar-refractivity contribution in [3.05, 3.63) is 41.2 Å². The molecule has 2 heterocycles. The van der Waals surface area contributed by atoms with Crippen LogP contribution in [-0.2, 0) is 9.53 Å². The second kappa shape index (κ2) is 8.51. The zero-order valence-electron chi connectivity index (χ0n) is 13.0. The molecule has 1 N–H and O–H groups in total. The zero-order chi connectivity index (χ0) is 17.5. The SMILES string of the molecule is CO/C=C/C(=O)O.CSc1nc(-c2cc3c(o2)C(=O)CC=C3)cs1. The first kappa shape index (κ1) is 18.0. The molecule has 24 heavy (non-hydrogen) atoms. The predicted molar refractivity (Wildman–Crippen MR) is 93.4 cm³/mol. The fourth-order valence-corrected chi connectivity index (χ4v) is 3.10. The number of carboxylic acids is 1. The molecule has 0 spiro atoms. The first-order chi connectivity index (χ1) is 11.5. The number of ether oxygens (including phenoxy) is 1. The lowest BCUT2D eigenvalue weighted by molar-refractivity contribution is -0.131. The van der Waals surface area contributed by atoms with E-state index in [9.17, 15) is 9.59 Å². The van der Waals surface area contributed by atoms with Gasteiger partial charge in [-0.05, 0) is 12.3 Å². The number of aliphatic carboxylic acids is 1. The Morgan fingerprint density at radius 3 is 2.88 bits per heavy atom. The van der Waals surface area contributed by atoms with Gasteiger partial charge in [0.2, 0.25) is 5.78 Å². The number of hydrogen-bond donors (Lipinski definition) is 1. The first-order valence-corrected chi connectivity index (χ1v) is 8.91. The molecule has 0 saturated heterocycles. The quantitative estimate of drug-likeness (QED) is 0.498. The summed E-state index contributed by atoms with van der Waals surface area (Å²) in [4.78, 5) is 25.6. The van der Waals surface area contributed by atoms with E-state index in [1.807, 2.05) is 29.9 Å². The number of hydrogen-bond acceptors (Lipinski definition) is 7. The molecule has 0 radical (unpaired) electrons. The summed E-state index contributed by atoms with van der Waals surface area (Å²) in [6.07, 6.45) is 8.21. The monoisotopic (exact) mass is 365 g/mol. The number of allylic oxidation sites excluding steroid dienone is 1. The molecule has 2 aromatic heterocycles. The van der Waals surface area contributed by atoms with Gasteiger partial charge in [0.15, 0.2) is 11.5 Å². The Bertz CT molecular complexity index is 788. The molecule has 6 nitrogen and oxygen atoms in total. The molecule has 1 aliphatic carbocycles. The van der Waals surface area contributed by atoms with Crippen molar-refractivity contribution in [2.45, 2.75) is 10.8 Å². The molecule has 8 heteroatoms. The van der Waals surface area contributed by atoms with Gasteiger partial charge < -0.3 is 14.3 Å². The molecular weight excluding hydrogens is 350 g/mol. The largest absolute Gasteiger partial charge is 0.504 e. The fraction of sp³-hybridized carbons (Fsp3) is 0.188. The summed E-state index contributed by atoms with van der Waals surface area (Å²) < 4.78 is 10.9. The number of thioether (sulfide) groups is 1. The number of fused-ring (bicyclic) bond motifs is 1. The number of methoxy groups -OCH3 is 1. The third-order valence-electron chi connectivity index (χ3n) is 2.87. The van der Waals surface area contributed by atoms with Gasteiger partial charge in [-0.1, -0.05) is 23.9 Å². The zero-order valence-corrected chi connectivity index (χ0v) is 14.6. The van der Waals surface area contributed by atoms with Gasteiger partial charge in [-0.15, -0.1) is 11.3 Å². The number of Topliss-reactive ketones (excluding diaryl/α,β-unsaturated/α-hetero) is 1. The third-order valence-corrected chi connectivity index (χ3v) is 4.73. The van der Waals surface area contributed by atoms with Crippen molar-refractivity contribution < 1.29 is 23.8 Å². The van der Waals surface area contributed by atoms with E-state index in [-0.39, 0.29) is 5.78 Å². The van der Waals surface area contributed by atoms with Crippen molar-refractivity contribution in [2.24, 2.45) is 0 Å². The number of rotatable bonds is 4. The molecule has 1 aliphatic rings. The summed E-state index contributed by atoms with van der Waals surface area (Å²) in [6, 6.07) is 1.88. The van der Waals surface area contributed by atoms with Crippen LogP contribution in [0.4, 0.5) is 0 Å². The second-order valence-electron chi connectivity index (χ2n) is 4.50. The Morgan fingerprint density at radius 2 is 2.33 bits per heavy atom. The van der Waals surface area contributed by atoms with Gasteiger partial charge in [0.05, 0.1) is 19.4 Å². The summed E-state index contributed by atoms with van der Waals surface area (Å²) in [5.41, 5.74) is 1.66. The van der Waals surface area contributed by atoms with Crippen LogP contribution in [-0.4, -0.2) is 35.2 Å². The van der Waals surface area contributed by atoms with Gasteiger partial charge >= 0.3 is 5.97 Å². The summed E-state index contributed by atoms with van der Waals surface area (Å²) in [5.74, 6) is 0.170. The lowest BCUT2D eigenvalue weighted by Crippen LogP contribution is -2.00. The smallest absolute Gasteiger partial charge is 0.331 e. The number of thiazole rings is 1. The Hall–Kier alpha value is -2.32. The minimum Gasteiger partial charge on any atom is -0.504 e. The van der Waals surface area contributed by atoms with Gasteiger partial charge in [0.1, 0.15) is 10.0 Å². The maximum absolute atomic E-state index is 11.6. The van der Waals surface area contributed by atoms with Crippen LogP contribution in [0.2, 0.25) is 0 Å². The predicted octanol–water partition coefficient (Wildman–Crippen LogP) is 3.96.